The van der Waals surface area contributed by atoms with Gasteiger partial charge in [0, 0.05) is 18.7 Å². The number of ether oxygens (including phenoxy) is 1. The van der Waals surface area contributed by atoms with Crippen LogP contribution < -0.4 is 4.74 Å². The molecule has 192 valence electrons. The van der Waals surface area contributed by atoms with Crippen molar-refractivity contribution in [2.24, 2.45) is 0 Å². The van der Waals surface area contributed by atoms with Crippen LogP contribution >= 0.6 is 23.2 Å². The Morgan fingerprint density at radius 2 is 1.73 bits per heavy atom. The van der Waals surface area contributed by atoms with Gasteiger partial charge in [-0.25, -0.2) is 4.79 Å². The molecule has 1 amide bonds. The van der Waals surface area contributed by atoms with Crippen molar-refractivity contribution in [1.29, 1.82) is 0 Å². The number of hydrogen-bond acceptors (Lipinski definition) is 4. The van der Waals surface area contributed by atoms with Gasteiger partial charge in [-0.2, -0.15) is 0 Å². The molecule has 0 aromatic heterocycles. The average Bonchev–Trinajstić information content (AvgIpc) is 3.45. The maximum atomic E-state index is 13.6. The summed E-state index contributed by atoms with van der Waals surface area (Å²) in [5, 5.41) is 0.913. The maximum Gasteiger partial charge on any atom is 0.343 e. The van der Waals surface area contributed by atoms with Gasteiger partial charge in [-0.3, -0.25) is 9.69 Å². The van der Waals surface area contributed by atoms with Crippen molar-refractivity contribution in [1.82, 2.24) is 9.80 Å². The van der Waals surface area contributed by atoms with Gasteiger partial charge >= 0.3 is 5.97 Å². The number of esters is 1. The zero-order valence-corrected chi connectivity index (χ0v) is 22.3. The molecule has 5 rings (SSSR count). The van der Waals surface area contributed by atoms with E-state index in [9.17, 15) is 9.59 Å². The highest BCUT2D eigenvalue weighted by Crippen LogP contribution is 2.41. The molecule has 0 spiro atoms. The van der Waals surface area contributed by atoms with Gasteiger partial charge in [0.2, 0.25) is 5.91 Å². The Hall–Kier alpha value is -2.86. The monoisotopic (exact) mass is 536 g/mol. The number of carbonyl (C=O) groups excluding carboxylic acids is 2. The number of hydrogen-bond donors (Lipinski definition) is 0. The molecule has 2 unspecified atom stereocenters. The van der Waals surface area contributed by atoms with Gasteiger partial charge in [0.05, 0.1) is 28.1 Å². The number of halogens is 2. The fourth-order valence-electron chi connectivity index (χ4n) is 5.64. The first-order chi connectivity index (χ1) is 17.9. The summed E-state index contributed by atoms with van der Waals surface area (Å²) in [6, 6.07) is 20.2. The zero-order chi connectivity index (χ0) is 25.9. The number of carbonyl (C=O) groups is 2. The van der Waals surface area contributed by atoms with Gasteiger partial charge in [0.1, 0.15) is 5.75 Å². The van der Waals surface area contributed by atoms with Gasteiger partial charge in [0.25, 0.3) is 0 Å². The van der Waals surface area contributed by atoms with Gasteiger partial charge in [0.15, 0.2) is 0 Å². The Morgan fingerprint density at radius 3 is 2.46 bits per heavy atom. The highest BCUT2D eigenvalue weighted by atomic mass is 35.5. The van der Waals surface area contributed by atoms with Crippen LogP contribution in [0.1, 0.15) is 52.4 Å². The predicted octanol–water partition coefficient (Wildman–Crippen LogP) is 6.37. The van der Waals surface area contributed by atoms with Crippen LogP contribution in [0.15, 0.2) is 66.7 Å². The fourth-order valence-corrected chi connectivity index (χ4v) is 5.96. The van der Waals surface area contributed by atoms with Gasteiger partial charge in [-0.05, 0) is 80.2 Å². The van der Waals surface area contributed by atoms with Crippen LogP contribution in [0, 0.1) is 0 Å². The van der Waals surface area contributed by atoms with Gasteiger partial charge in [-0.1, -0.05) is 59.6 Å². The van der Waals surface area contributed by atoms with Crippen molar-refractivity contribution < 1.29 is 14.3 Å². The van der Waals surface area contributed by atoms with Crippen LogP contribution in [0.25, 0.3) is 0 Å². The SMILES string of the molecule is CN(C(=O)Cc1ccc(Cl)c(Cl)c1)C1c2cccc(OC(=O)c3ccccc3)c2CCC1N1CCCC1. The standard InChI is InChI=1S/C30H30Cl2N2O3/c1-33(28(35)19-20-12-14-24(31)25(32)18-20)29-23-10-7-11-27(37-30(36)21-8-3-2-4-9-21)22(23)13-15-26(29)34-16-5-6-17-34/h2-4,7-12,14,18,26,29H,5-6,13,15-17,19H2,1H3. The number of rotatable bonds is 6. The lowest BCUT2D eigenvalue weighted by Crippen LogP contribution is -2.48. The largest absolute Gasteiger partial charge is 0.423 e. The topological polar surface area (TPSA) is 49.9 Å². The molecule has 3 aromatic rings. The molecule has 7 heteroatoms. The third-order valence-electron chi connectivity index (χ3n) is 7.51. The molecule has 1 saturated heterocycles. The summed E-state index contributed by atoms with van der Waals surface area (Å²) in [5.74, 6) is 0.199. The Labute approximate surface area is 227 Å². The van der Waals surface area contributed by atoms with Crippen LogP contribution in [0.5, 0.6) is 5.75 Å². The van der Waals surface area contributed by atoms with Crippen molar-refractivity contribution in [2.75, 3.05) is 20.1 Å². The van der Waals surface area contributed by atoms with E-state index in [1.54, 1.807) is 24.3 Å². The second kappa shape index (κ2) is 11.3. The number of nitrogens with zero attached hydrogens (tertiary/aromatic N) is 2. The molecule has 1 aliphatic carbocycles. The van der Waals surface area contributed by atoms with Crippen LogP contribution in [-0.2, 0) is 17.6 Å². The summed E-state index contributed by atoms with van der Waals surface area (Å²) in [6.45, 7) is 2.07. The lowest BCUT2D eigenvalue weighted by molar-refractivity contribution is -0.133. The summed E-state index contributed by atoms with van der Waals surface area (Å²) in [7, 11) is 1.88. The van der Waals surface area contributed by atoms with Crippen LogP contribution in [-0.4, -0.2) is 47.9 Å². The minimum atomic E-state index is -0.378. The lowest BCUT2D eigenvalue weighted by atomic mass is 9.81. The number of benzene rings is 3. The molecule has 0 saturated carbocycles. The molecule has 0 N–H and O–H groups in total. The van der Waals surface area contributed by atoms with Crippen LogP contribution in [0.4, 0.5) is 0 Å². The van der Waals surface area contributed by atoms with E-state index in [1.807, 2.05) is 48.3 Å². The minimum absolute atomic E-state index is 0.00659. The van der Waals surface area contributed by atoms with E-state index >= 15 is 0 Å². The van der Waals surface area contributed by atoms with E-state index in [-0.39, 0.29) is 30.4 Å². The molecule has 37 heavy (non-hydrogen) atoms. The molecule has 5 nitrogen and oxygen atoms in total. The molecular formula is C30H30Cl2N2O3. The van der Waals surface area contributed by atoms with Crippen molar-refractivity contribution in [2.45, 2.75) is 44.2 Å². The maximum absolute atomic E-state index is 13.6. The fraction of sp³-hybridized carbons (Fsp3) is 0.333. The molecule has 0 bridgehead atoms. The third-order valence-corrected chi connectivity index (χ3v) is 8.25. The smallest absolute Gasteiger partial charge is 0.343 e. The molecule has 1 heterocycles. The zero-order valence-electron chi connectivity index (χ0n) is 20.8. The van der Waals surface area contributed by atoms with Crippen molar-refractivity contribution >= 4 is 35.1 Å². The Balaban J connectivity index is 1.45. The molecule has 1 aliphatic heterocycles. The first-order valence-electron chi connectivity index (χ1n) is 12.7. The third kappa shape index (κ3) is 5.54. The molecule has 2 atom stereocenters. The van der Waals surface area contributed by atoms with Crippen LogP contribution in [0.2, 0.25) is 10.0 Å². The molecule has 1 fully saturated rings. The Bertz CT molecular complexity index is 1290. The van der Waals surface area contributed by atoms with E-state index in [0.29, 0.717) is 21.4 Å². The summed E-state index contributed by atoms with van der Waals surface area (Å²) >= 11 is 12.3. The number of likely N-dealkylation sites (N-methyl/N-ethyl adjacent to an activating group) is 1. The number of fused-ring (bicyclic) bond motifs is 1. The number of likely N-dealkylation sites (tertiary alicyclic amines) is 1. The molecular weight excluding hydrogens is 507 g/mol. The Morgan fingerprint density at radius 1 is 0.973 bits per heavy atom. The number of amides is 1. The van der Waals surface area contributed by atoms with E-state index in [0.717, 1.165) is 42.6 Å². The molecule has 0 radical (unpaired) electrons. The summed E-state index contributed by atoms with van der Waals surface area (Å²) in [5.41, 5.74) is 3.38. The summed E-state index contributed by atoms with van der Waals surface area (Å²) in [6.07, 6.45) is 4.26. The first kappa shape index (κ1) is 25.8. The normalized spacial score (nSPS) is 19.3. The quantitative estimate of drug-likeness (QED) is 0.271. The van der Waals surface area contributed by atoms with Gasteiger partial charge < -0.3 is 9.64 Å². The second-order valence-corrected chi connectivity index (χ2v) is 10.6. The predicted molar refractivity (Wildman–Crippen MR) is 146 cm³/mol. The van der Waals surface area contributed by atoms with Crippen LogP contribution in [0.3, 0.4) is 0 Å². The Kier molecular flexibility index (Phi) is 7.84. The lowest BCUT2D eigenvalue weighted by Gasteiger charge is -2.44. The van der Waals surface area contributed by atoms with Crippen molar-refractivity contribution in [3.8, 4) is 5.75 Å². The van der Waals surface area contributed by atoms with E-state index in [1.165, 1.54) is 12.8 Å². The highest BCUT2D eigenvalue weighted by Gasteiger charge is 2.39. The van der Waals surface area contributed by atoms with E-state index in [2.05, 4.69) is 11.0 Å². The molecule has 2 aliphatic rings. The summed E-state index contributed by atoms with van der Waals surface area (Å²) in [4.78, 5) is 30.8. The summed E-state index contributed by atoms with van der Waals surface area (Å²) < 4.78 is 5.89. The van der Waals surface area contributed by atoms with Crippen molar-refractivity contribution in [3.05, 3.63) is 99.0 Å². The first-order valence-corrected chi connectivity index (χ1v) is 13.5. The average molecular weight is 537 g/mol. The second-order valence-electron chi connectivity index (χ2n) is 9.80. The van der Waals surface area contributed by atoms with E-state index in [4.69, 9.17) is 27.9 Å². The van der Waals surface area contributed by atoms with Crippen molar-refractivity contribution in [3.63, 3.8) is 0 Å². The molecule has 3 aromatic carbocycles. The van der Waals surface area contributed by atoms with Gasteiger partial charge in [-0.15, -0.1) is 0 Å². The van der Waals surface area contributed by atoms with E-state index < -0.39 is 0 Å². The minimum Gasteiger partial charge on any atom is -0.423 e. The highest BCUT2D eigenvalue weighted by molar-refractivity contribution is 6.42.